The maximum atomic E-state index is 13.0. The van der Waals surface area contributed by atoms with Gasteiger partial charge in [-0.3, -0.25) is 4.79 Å². The number of nitrogens with one attached hydrogen (secondary N) is 2. The molecule has 0 aliphatic rings. The van der Waals surface area contributed by atoms with Crippen LogP contribution in [0.4, 0.5) is 4.39 Å². The number of benzene rings is 2. The summed E-state index contributed by atoms with van der Waals surface area (Å²) in [5.41, 5.74) is 2.72. The van der Waals surface area contributed by atoms with E-state index >= 15 is 0 Å². The number of fused-ring (bicyclic) bond motifs is 1. The summed E-state index contributed by atoms with van der Waals surface area (Å²) < 4.78 is 13.0. The summed E-state index contributed by atoms with van der Waals surface area (Å²) in [5, 5.41) is 3.92. The molecule has 3 aromatic rings. The van der Waals surface area contributed by atoms with Gasteiger partial charge in [0.05, 0.1) is 6.42 Å². The Morgan fingerprint density at radius 2 is 2.00 bits per heavy atom. The van der Waals surface area contributed by atoms with E-state index in [0.29, 0.717) is 13.0 Å². The molecular formula is C17H15FN2O. The van der Waals surface area contributed by atoms with Gasteiger partial charge in [0.25, 0.3) is 0 Å². The second-order valence-electron chi connectivity index (χ2n) is 4.98. The Morgan fingerprint density at radius 3 is 2.86 bits per heavy atom. The summed E-state index contributed by atoms with van der Waals surface area (Å²) >= 11 is 0. The van der Waals surface area contributed by atoms with Crippen molar-refractivity contribution in [1.29, 1.82) is 0 Å². The highest BCUT2D eigenvalue weighted by atomic mass is 19.1. The SMILES string of the molecule is O=C(Cc1ccc2cc[nH]c2c1)NCc1cccc(F)c1. The average molecular weight is 282 g/mol. The van der Waals surface area contributed by atoms with E-state index in [9.17, 15) is 9.18 Å². The van der Waals surface area contributed by atoms with Crippen molar-refractivity contribution in [1.82, 2.24) is 10.3 Å². The van der Waals surface area contributed by atoms with Crippen LogP contribution in [0.25, 0.3) is 10.9 Å². The highest BCUT2D eigenvalue weighted by Gasteiger charge is 2.05. The van der Waals surface area contributed by atoms with E-state index < -0.39 is 0 Å². The molecule has 0 unspecified atom stereocenters. The lowest BCUT2D eigenvalue weighted by Gasteiger charge is -2.06. The molecule has 2 N–H and O–H groups in total. The smallest absolute Gasteiger partial charge is 0.224 e. The zero-order valence-corrected chi connectivity index (χ0v) is 11.4. The van der Waals surface area contributed by atoms with Gasteiger partial charge < -0.3 is 10.3 Å². The topological polar surface area (TPSA) is 44.9 Å². The number of amides is 1. The van der Waals surface area contributed by atoms with Crippen LogP contribution in [0, 0.1) is 5.82 Å². The van der Waals surface area contributed by atoms with E-state index in [0.717, 1.165) is 22.0 Å². The lowest BCUT2D eigenvalue weighted by Crippen LogP contribution is -2.24. The van der Waals surface area contributed by atoms with Crippen LogP contribution in [-0.4, -0.2) is 10.9 Å². The van der Waals surface area contributed by atoms with E-state index in [1.54, 1.807) is 12.1 Å². The Kier molecular flexibility index (Phi) is 3.69. The standard InChI is InChI=1S/C17H15FN2O/c18-15-3-1-2-13(8-15)11-20-17(21)10-12-4-5-14-6-7-19-16(14)9-12/h1-9,19H,10-11H2,(H,20,21). The Bertz CT molecular complexity index is 779. The minimum absolute atomic E-state index is 0.0785. The highest BCUT2D eigenvalue weighted by Crippen LogP contribution is 2.14. The second-order valence-corrected chi connectivity index (χ2v) is 4.98. The minimum atomic E-state index is -0.293. The van der Waals surface area contributed by atoms with Crippen LogP contribution in [0.15, 0.2) is 54.7 Å². The van der Waals surface area contributed by atoms with Gasteiger partial charge >= 0.3 is 0 Å². The number of halogens is 1. The van der Waals surface area contributed by atoms with Crippen LogP contribution in [0.5, 0.6) is 0 Å². The molecule has 0 fully saturated rings. The van der Waals surface area contributed by atoms with Crippen LogP contribution < -0.4 is 5.32 Å². The fraction of sp³-hybridized carbons (Fsp3) is 0.118. The van der Waals surface area contributed by atoms with Crippen LogP contribution in [0.2, 0.25) is 0 Å². The summed E-state index contributed by atoms with van der Waals surface area (Å²) in [7, 11) is 0. The van der Waals surface area contributed by atoms with Gasteiger partial charge in [0.15, 0.2) is 0 Å². The van der Waals surface area contributed by atoms with Crippen molar-refractivity contribution in [3.05, 3.63) is 71.7 Å². The molecule has 0 aliphatic carbocycles. The Morgan fingerprint density at radius 1 is 1.10 bits per heavy atom. The fourth-order valence-electron chi connectivity index (χ4n) is 2.30. The number of carbonyl (C=O) groups excluding carboxylic acids is 1. The van der Waals surface area contributed by atoms with E-state index in [1.165, 1.54) is 12.1 Å². The van der Waals surface area contributed by atoms with Crippen LogP contribution in [0.1, 0.15) is 11.1 Å². The van der Waals surface area contributed by atoms with Crippen LogP contribution >= 0.6 is 0 Å². The zero-order chi connectivity index (χ0) is 14.7. The molecule has 106 valence electrons. The first-order valence-corrected chi connectivity index (χ1v) is 6.78. The lowest BCUT2D eigenvalue weighted by molar-refractivity contribution is -0.120. The largest absolute Gasteiger partial charge is 0.361 e. The summed E-state index contributed by atoms with van der Waals surface area (Å²) in [4.78, 5) is 15.1. The fourth-order valence-corrected chi connectivity index (χ4v) is 2.30. The molecular weight excluding hydrogens is 267 g/mol. The number of H-pyrrole nitrogens is 1. The van der Waals surface area contributed by atoms with Crippen molar-refractivity contribution in [2.75, 3.05) is 0 Å². The highest BCUT2D eigenvalue weighted by molar-refractivity contribution is 5.83. The van der Waals surface area contributed by atoms with Gasteiger partial charge in [0, 0.05) is 18.3 Å². The maximum absolute atomic E-state index is 13.0. The number of aromatic amines is 1. The molecule has 4 heteroatoms. The zero-order valence-electron chi connectivity index (χ0n) is 11.4. The van der Waals surface area contributed by atoms with Crippen LogP contribution in [0.3, 0.4) is 0 Å². The Labute approximate surface area is 121 Å². The van der Waals surface area contributed by atoms with Gasteiger partial charge in [0.1, 0.15) is 5.82 Å². The van der Waals surface area contributed by atoms with Crippen molar-refractivity contribution >= 4 is 16.8 Å². The monoisotopic (exact) mass is 282 g/mol. The summed E-state index contributed by atoms with van der Waals surface area (Å²) in [6.45, 7) is 0.335. The molecule has 0 spiro atoms. The summed E-state index contributed by atoms with van der Waals surface area (Å²) in [6.07, 6.45) is 2.18. The first-order chi connectivity index (χ1) is 10.2. The number of carbonyl (C=O) groups is 1. The second kappa shape index (κ2) is 5.79. The maximum Gasteiger partial charge on any atom is 0.224 e. The van der Waals surface area contributed by atoms with Gasteiger partial charge in [-0.05, 0) is 40.8 Å². The van der Waals surface area contributed by atoms with E-state index in [-0.39, 0.29) is 11.7 Å². The normalized spacial score (nSPS) is 10.7. The first-order valence-electron chi connectivity index (χ1n) is 6.78. The number of hydrogen-bond acceptors (Lipinski definition) is 1. The molecule has 0 atom stereocenters. The minimum Gasteiger partial charge on any atom is -0.361 e. The molecule has 0 bridgehead atoms. The Balaban J connectivity index is 1.60. The van der Waals surface area contributed by atoms with Gasteiger partial charge in [0.2, 0.25) is 5.91 Å². The average Bonchev–Trinajstić information content (AvgIpc) is 2.93. The third kappa shape index (κ3) is 3.28. The number of rotatable bonds is 4. The number of aromatic nitrogens is 1. The van der Waals surface area contributed by atoms with Crippen molar-refractivity contribution in [3.8, 4) is 0 Å². The van der Waals surface area contributed by atoms with E-state index in [1.807, 2.05) is 30.5 Å². The van der Waals surface area contributed by atoms with Crippen molar-refractivity contribution in [2.45, 2.75) is 13.0 Å². The molecule has 3 nitrogen and oxygen atoms in total. The lowest BCUT2D eigenvalue weighted by atomic mass is 10.1. The predicted molar refractivity (Wildman–Crippen MR) is 80.2 cm³/mol. The molecule has 0 radical (unpaired) electrons. The third-order valence-electron chi connectivity index (χ3n) is 3.36. The van der Waals surface area contributed by atoms with Gasteiger partial charge in [-0.15, -0.1) is 0 Å². The summed E-state index contributed by atoms with van der Waals surface area (Å²) in [5.74, 6) is -0.371. The molecule has 1 aromatic heterocycles. The number of hydrogen-bond donors (Lipinski definition) is 2. The van der Waals surface area contributed by atoms with Crippen molar-refractivity contribution in [3.63, 3.8) is 0 Å². The molecule has 21 heavy (non-hydrogen) atoms. The predicted octanol–water partition coefficient (Wildman–Crippen LogP) is 3.17. The van der Waals surface area contributed by atoms with Gasteiger partial charge in [-0.2, -0.15) is 0 Å². The molecule has 1 amide bonds. The third-order valence-corrected chi connectivity index (χ3v) is 3.36. The van der Waals surface area contributed by atoms with Crippen molar-refractivity contribution in [2.24, 2.45) is 0 Å². The van der Waals surface area contributed by atoms with Gasteiger partial charge in [-0.1, -0.05) is 24.3 Å². The molecule has 3 rings (SSSR count). The quantitative estimate of drug-likeness (QED) is 0.758. The molecule has 0 aliphatic heterocycles. The van der Waals surface area contributed by atoms with E-state index in [4.69, 9.17) is 0 Å². The molecule has 0 saturated heterocycles. The van der Waals surface area contributed by atoms with E-state index in [2.05, 4.69) is 10.3 Å². The first kappa shape index (κ1) is 13.4. The Hall–Kier alpha value is -2.62. The van der Waals surface area contributed by atoms with Gasteiger partial charge in [-0.25, -0.2) is 4.39 Å². The molecule has 2 aromatic carbocycles. The van der Waals surface area contributed by atoms with Crippen LogP contribution in [-0.2, 0) is 17.8 Å². The van der Waals surface area contributed by atoms with Crippen molar-refractivity contribution < 1.29 is 9.18 Å². The summed E-state index contributed by atoms with van der Waals surface area (Å²) in [6, 6.07) is 14.1. The molecule has 0 saturated carbocycles. The molecule has 1 heterocycles.